The predicted octanol–water partition coefficient (Wildman–Crippen LogP) is 2.09. The summed E-state index contributed by atoms with van der Waals surface area (Å²) in [7, 11) is 0. The van der Waals surface area contributed by atoms with Crippen molar-refractivity contribution in [2.75, 3.05) is 5.32 Å². The van der Waals surface area contributed by atoms with Gasteiger partial charge in [-0.25, -0.2) is 4.52 Å². The molecule has 114 valence electrons. The van der Waals surface area contributed by atoms with Crippen LogP contribution < -0.4 is 10.6 Å². The van der Waals surface area contributed by atoms with E-state index in [2.05, 4.69) is 15.7 Å². The Bertz CT molecular complexity index is 702. The molecule has 0 saturated heterocycles. The lowest BCUT2D eigenvalue weighted by Gasteiger charge is -2.33. The molecule has 2 N–H and O–H groups in total. The molecule has 0 aromatic carbocycles. The molecule has 2 aromatic rings. The van der Waals surface area contributed by atoms with Gasteiger partial charge in [0.1, 0.15) is 6.42 Å². The van der Waals surface area contributed by atoms with Crippen molar-refractivity contribution in [2.45, 2.75) is 44.2 Å². The summed E-state index contributed by atoms with van der Waals surface area (Å²) < 4.78 is 1.83. The fraction of sp³-hybridized carbons (Fsp3) is 0.438. The Kier molecular flexibility index (Phi) is 4.24. The minimum absolute atomic E-state index is 0.0674. The number of rotatable bonds is 4. The van der Waals surface area contributed by atoms with Crippen molar-refractivity contribution in [1.29, 1.82) is 5.26 Å². The normalized spacial score (nSPS) is 21.2. The molecule has 1 amide bonds. The molecule has 2 atom stereocenters. The number of anilines is 1. The number of nitriles is 1. The summed E-state index contributed by atoms with van der Waals surface area (Å²) in [5.41, 5.74) is 2.04. The Balaban J connectivity index is 1.75. The lowest BCUT2D eigenvalue weighted by molar-refractivity contribution is -0.121. The number of aromatic nitrogens is 2. The van der Waals surface area contributed by atoms with Crippen molar-refractivity contribution in [3.63, 3.8) is 0 Å². The summed E-state index contributed by atoms with van der Waals surface area (Å²) in [5.74, 6) is -0.191. The van der Waals surface area contributed by atoms with Crippen LogP contribution in [-0.2, 0) is 4.79 Å². The van der Waals surface area contributed by atoms with Crippen LogP contribution in [0.25, 0.3) is 5.52 Å². The smallest absolute Gasteiger partial charge is 0.234 e. The highest BCUT2D eigenvalue weighted by atomic mass is 16.1. The van der Waals surface area contributed by atoms with Crippen LogP contribution in [0, 0.1) is 11.3 Å². The van der Waals surface area contributed by atoms with E-state index in [-0.39, 0.29) is 24.4 Å². The monoisotopic (exact) mass is 297 g/mol. The molecular formula is C16H19N5O. The molecule has 0 bridgehead atoms. The zero-order chi connectivity index (χ0) is 15.4. The minimum atomic E-state index is -0.191. The third kappa shape index (κ3) is 3.03. The molecule has 1 aliphatic carbocycles. The molecule has 6 nitrogen and oxygen atoms in total. The molecule has 0 aliphatic heterocycles. The first-order valence-electron chi connectivity index (χ1n) is 7.63. The van der Waals surface area contributed by atoms with Gasteiger partial charge in [0.05, 0.1) is 17.3 Å². The van der Waals surface area contributed by atoms with Crippen LogP contribution in [0.15, 0.2) is 30.6 Å². The highest BCUT2D eigenvalue weighted by molar-refractivity contribution is 5.78. The fourth-order valence-corrected chi connectivity index (χ4v) is 3.08. The maximum Gasteiger partial charge on any atom is 0.234 e. The summed E-state index contributed by atoms with van der Waals surface area (Å²) in [6.45, 7) is 0. The molecule has 0 radical (unpaired) electrons. The first-order chi connectivity index (χ1) is 10.8. The van der Waals surface area contributed by atoms with Gasteiger partial charge in [-0.3, -0.25) is 4.79 Å². The van der Waals surface area contributed by atoms with Crippen LogP contribution in [0.1, 0.15) is 32.1 Å². The molecule has 1 fully saturated rings. The number of hydrogen-bond donors (Lipinski definition) is 2. The van der Waals surface area contributed by atoms with Crippen molar-refractivity contribution >= 4 is 17.1 Å². The van der Waals surface area contributed by atoms with E-state index in [1.54, 1.807) is 6.20 Å². The average molecular weight is 297 g/mol. The number of nitrogens with one attached hydrogen (secondary N) is 2. The van der Waals surface area contributed by atoms with Gasteiger partial charge in [-0.1, -0.05) is 12.8 Å². The molecule has 22 heavy (non-hydrogen) atoms. The number of carbonyl (C=O) groups is 1. The van der Waals surface area contributed by atoms with E-state index in [9.17, 15) is 4.79 Å². The van der Waals surface area contributed by atoms with Gasteiger partial charge in [-0.05, 0) is 31.0 Å². The van der Waals surface area contributed by atoms with E-state index >= 15 is 0 Å². The third-order valence-electron chi connectivity index (χ3n) is 4.13. The summed E-state index contributed by atoms with van der Waals surface area (Å²) in [5, 5.41) is 19.4. The number of fused-ring (bicyclic) bond motifs is 1. The number of amides is 1. The van der Waals surface area contributed by atoms with Crippen LogP contribution in [0.2, 0.25) is 0 Å². The van der Waals surface area contributed by atoms with Crippen molar-refractivity contribution < 1.29 is 4.79 Å². The zero-order valence-electron chi connectivity index (χ0n) is 12.3. The van der Waals surface area contributed by atoms with Gasteiger partial charge in [-0.2, -0.15) is 10.4 Å². The third-order valence-corrected chi connectivity index (χ3v) is 4.13. The molecule has 0 spiro atoms. The van der Waals surface area contributed by atoms with Gasteiger partial charge >= 0.3 is 0 Å². The Hall–Kier alpha value is -2.55. The first kappa shape index (κ1) is 14.4. The van der Waals surface area contributed by atoms with Crippen molar-refractivity contribution in [1.82, 2.24) is 14.9 Å². The van der Waals surface area contributed by atoms with Crippen LogP contribution in [-0.4, -0.2) is 27.6 Å². The van der Waals surface area contributed by atoms with Crippen LogP contribution in [0.3, 0.4) is 0 Å². The SMILES string of the molecule is N#CCC(=O)N[C@@H]1CCCC[C@H]1Nc1ccnn2cccc12. The van der Waals surface area contributed by atoms with Crippen LogP contribution in [0.5, 0.6) is 0 Å². The second kappa shape index (κ2) is 6.48. The maximum absolute atomic E-state index is 11.7. The topological polar surface area (TPSA) is 82.2 Å². The standard InChI is InChI=1S/C16H19N5O/c17-9-7-16(22)20-13-5-2-1-4-12(13)19-14-8-10-18-21-11-3-6-15(14)21/h3,6,8,10-13,19H,1-2,4-5,7H2,(H,20,22)/t12-,13-/m1/s1. The Labute approximate surface area is 129 Å². The van der Waals surface area contributed by atoms with E-state index in [0.29, 0.717) is 0 Å². The molecule has 2 aromatic heterocycles. The summed E-state index contributed by atoms with van der Waals surface area (Å²) in [6, 6.07) is 8.07. The molecule has 1 saturated carbocycles. The second-order valence-corrected chi connectivity index (χ2v) is 5.63. The Morgan fingerprint density at radius 3 is 3.00 bits per heavy atom. The summed E-state index contributed by atoms with van der Waals surface area (Å²) >= 11 is 0. The van der Waals surface area contributed by atoms with Gasteiger partial charge < -0.3 is 10.6 Å². The molecular weight excluding hydrogens is 278 g/mol. The van der Waals surface area contributed by atoms with Crippen LogP contribution in [0.4, 0.5) is 5.69 Å². The van der Waals surface area contributed by atoms with Gasteiger partial charge in [-0.15, -0.1) is 0 Å². The van der Waals surface area contributed by atoms with Gasteiger partial charge in [0.2, 0.25) is 5.91 Å². The quantitative estimate of drug-likeness (QED) is 0.905. The summed E-state index contributed by atoms with van der Waals surface area (Å²) in [6.07, 6.45) is 7.79. The maximum atomic E-state index is 11.7. The number of carbonyl (C=O) groups excluding carboxylic acids is 1. The van der Waals surface area contributed by atoms with E-state index < -0.39 is 0 Å². The van der Waals surface area contributed by atoms with Crippen LogP contribution >= 0.6 is 0 Å². The van der Waals surface area contributed by atoms with Crippen molar-refractivity contribution in [3.05, 3.63) is 30.6 Å². The van der Waals surface area contributed by atoms with Crippen molar-refractivity contribution in [2.24, 2.45) is 0 Å². The van der Waals surface area contributed by atoms with E-state index in [1.807, 2.05) is 35.0 Å². The van der Waals surface area contributed by atoms with Gasteiger partial charge in [0.15, 0.2) is 0 Å². The van der Waals surface area contributed by atoms with E-state index in [1.165, 1.54) is 0 Å². The molecule has 0 unspecified atom stereocenters. The largest absolute Gasteiger partial charge is 0.378 e. The highest BCUT2D eigenvalue weighted by Gasteiger charge is 2.26. The first-order valence-corrected chi connectivity index (χ1v) is 7.63. The highest BCUT2D eigenvalue weighted by Crippen LogP contribution is 2.24. The van der Waals surface area contributed by atoms with Gasteiger partial charge in [0.25, 0.3) is 0 Å². The predicted molar refractivity (Wildman–Crippen MR) is 83.2 cm³/mol. The number of hydrogen-bond acceptors (Lipinski definition) is 4. The lowest BCUT2D eigenvalue weighted by atomic mass is 9.90. The average Bonchev–Trinajstić information content (AvgIpc) is 2.99. The lowest BCUT2D eigenvalue weighted by Crippen LogP contribution is -2.48. The van der Waals surface area contributed by atoms with Crippen molar-refractivity contribution in [3.8, 4) is 6.07 Å². The molecule has 6 heteroatoms. The molecule has 2 heterocycles. The second-order valence-electron chi connectivity index (χ2n) is 5.63. The van der Waals surface area contributed by atoms with Gasteiger partial charge in [0, 0.05) is 24.5 Å². The molecule has 1 aliphatic rings. The summed E-state index contributed by atoms with van der Waals surface area (Å²) in [4.78, 5) is 11.7. The zero-order valence-corrected chi connectivity index (χ0v) is 12.3. The minimum Gasteiger partial charge on any atom is -0.378 e. The fourth-order valence-electron chi connectivity index (χ4n) is 3.08. The Morgan fingerprint density at radius 1 is 1.36 bits per heavy atom. The van der Waals surface area contributed by atoms with E-state index in [0.717, 1.165) is 36.9 Å². The molecule has 3 rings (SSSR count). The Morgan fingerprint density at radius 2 is 2.18 bits per heavy atom. The number of nitrogens with zero attached hydrogens (tertiary/aromatic N) is 3. The van der Waals surface area contributed by atoms with E-state index in [4.69, 9.17) is 5.26 Å².